The number of allylic oxidation sites excluding steroid dienone is 3. The van der Waals surface area contributed by atoms with E-state index in [4.69, 9.17) is 0 Å². The Kier molecular flexibility index (Phi) is 5.51. The third-order valence-electron chi connectivity index (χ3n) is 7.15. The number of hydrogen-bond acceptors (Lipinski definition) is 4. The number of fused-ring (bicyclic) bond motifs is 1. The summed E-state index contributed by atoms with van der Waals surface area (Å²) in [6.45, 7) is 1.65. The Morgan fingerprint density at radius 2 is 1.97 bits per heavy atom. The predicted octanol–water partition coefficient (Wildman–Crippen LogP) is 4.30. The average molecular weight is 460 g/mol. The van der Waals surface area contributed by atoms with E-state index in [2.05, 4.69) is 18.4 Å². The minimum Gasteiger partial charge on any atom is -0.382 e. The van der Waals surface area contributed by atoms with Crippen LogP contribution in [0.2, 0.25) is 0 Å². The SMILES string of the molecule is C[C@H]1C2=CNN(c3ccccc3)C2=CC2=C1[C@@H](C(=O)N(CC1CC1)C[C@@H](O)C(F)(F)F)CC2. The topological polar surface area (TPSA) is 55.8 Å². The Morgan fingerprint density at radius 3 is 2.64 bits per heavy atom. The van der Waals surface area contributed by atoms with E-state index < -0.39 is 24.7 Å². The lowest BCUT2D eigenvalue weighted by Crippen LogP contribution is -2.47. The third-order valence-corrected chi connectivity index (χ3v) is 7.15. The van der Waals surface area contributed by atoms with Crippen LogP contribution in [0, 0.1) is 17.8 Å². The molecule has 3 aliphatic carbocycles. The molecular formula is C25H28F3N3O2. The van der Waals surface area contributed by atoms with Gasteiger partial charge in [-0.25, -0.2) is 0 Å². The maximum absolute atomic E-state index is 13.5. The predicted molar refractivity (Wildman–Crippen MR) is 119 cm³/mol. The summed E-state index contributed by atoms with van der Waals surface area (Å²) >= 11 is 0. The Hall–Kier alpha value is -2.74. The van der Waals surface area contributed by atoms with Gasteiger partial charge in [0.05, 0.1) is 23.8 Å². The Bertz CT molecular complexity index is 1030. The van der Waals surface area contributed by atoms with Crippen molar-refractivity contribution < 1.29 is 23.1 Å². The fraction of sp³-hybridized carbons (Fsp3) is 0.480. The standard InChI is InChI=1S/C25H28F3N3O2/c1-15-20-12-29-31(18-5-3-2-4-6-18)21(20)11-17-9-10-19(23(15)17)24(33)30(13-16-7-8-16)14-22(32)25(26,27)28/h2-6,11-12,15-16,19,22,29,32H,7-10,13-14H2,1H3/t15-,19-,22+/m0/s1. The van der Waals surface area contributed by atoms with Crippen LogP contribution in [0.4, 0.5) is 18.9 Å². The molecule has 0 unspecified atom stereocenters. The summed E-state index contributed by atoms with van der Waals surface area (Å²) in [7, 11) is 0. The van der Waals surface area contributed by atoms with Crippen LogP contribution < -0.4 is 10.4 Å². The molecule has 1 heterocycles. The number of nitrogens with one attached hydrogen (secondary N) is 1. The third kappa shape index (κ3) is 4.16. The van der Waals surface area contributed by atoms with Crippen LogP contribution in [0.25, 0.3) is 0 Å². The van der Waals surface area contributed by atoms with Gasteiger partial charge in [-0.15, -0.1) is 0 Å². The summed E-state index contributed by atoms with van der Waals surface area (Å²) < 4.78 is 39.1. The lowest BCUT2D eigenvalue weighted by molar-refractivity contribution is -0.208. The van der Waals surface area contributed by atoms with Crippen molar-refractivity contribution >= 4 is 11.6 Å². The van der Waals surface area contributed by atoms with Crippen LogP contribution in [-0.2, 0) is 4.79 Å². The zero-order chi connectivity index (χ0) is 23.3. The molecule has 1 fully saturated rings. The number of nitrogens with zero attached hydrogens (tertiary/aromatic N) is 2. The van der Waals surface area contributed by atoms with Gasteiger partial charge < -0.3 is 15.4 Å². The molecule has 0 bridgehead atoms. The van der Waals surface area contributed by atoms with Crippen LogP contribution in [-0.4, -0.2) is 41.3 Å². The lowest BCUT2D eigenvalue weighted by atomic mass is 9.80. The van der Waals surface area contributed by atoms with Crippen molar-refractivity contribution in [1.29, 1.82) is 0 Å². The Balaban J connectivity index is 1.41. The molecule has 5 nitrogen and oxygen atoms in total. The second-order valence-corrected chi connectivity index (χ2v) is 9.47. The van der Waals surface area contributed by atoms with Gasteiger partial charge in [0.2, 0.25) is 5.91 Å². The number of benzene rings is 1. The molecule has 1 amide bonds. The van der Waals surface area contributed by atoms with Gasteiger partial charge in [0, 0.05) is 24.2 Å². The fourth-order valence-electron chi connectivity index (χ4n) is 5.24. The number of para-hydroxylation sites is 1. The number of anilines is 1. The van der Waals surface area contributed by atoms with Crippen molar-refractivity contribution in [2.24, 2.45) is 17.8 Å². The first kappa shape index (κ1) is 22.1. The molecule has 33 heavy (non-hydrogen) atoms. The number of hydrazine groups is 1. The number of carbonyl (C=O) groups excluding carboxylic acids is 1. The number of hydrogen-bond donors (Lipinski definition) is 2. The molecule has 0 saturated heterocycles. The Labute approximate surface area is 191 Å². The fourth-order valence-corrected chi connectivity index (χ4v) is 5.24. The lowest BCUT2D eigenvalue weighted by Gasteiger charge is -2.33. The average Bonchev–Trinajstić information content (AvgIpc) is 3.33. The Morgan fingerprint density at radius 1 is 1.24 bits per heavy atom. The molecular weight excluding hydrogens is 431 g/mol. The van der Waals surface area contributed by atoms with Crippen molar-refractivity contribution in [2.45, 2.75) is 44.9 Å². The van der Waals surface area contributed by atoms with Crippen LogP contribution >= 0.6 is 0 Å². The first-order chi connectivity index (χ1) is 15.7. The molecule has 1 aromatic rings. The molecule has 2 N–H and O–H groups in total. The number of amides is 1. The molecule has 0 radical (unpaired) electrons. The maximum Gasteiger partial charge on any atom is 0.416 e. The maximum atomic E-state index is 13.5. The van der Waals surface area contributed by atoms with E-state index in [0.29, 0.717) is 12.8 Å². The second-order valence-electron chi connectivity index (χ2n) is 9.47. The first-order valence-electron chi connectivity index (χ1n) is 11.5. The van der Waals surface area contributed by atoms with Gasteiger partial charge in [-0.2, -0.15) is 13.2 Å². The highest BCUT2D eigenvalue weighted by atomic mass is 19.4. The van der Waals surface area contributed by atoms with Crippen molar-refractivity contribution in [3.63, 3.8) is 0 Å². The summed E-state index contributed by atoms with van der Waals surface area (Å²) in [6, 6.07) is 9.94. The number of alkyl halides is 3. The summed E-state index contributed by atoms with van der Waals surface area (Å²) in [5.41, 5.74) is 8.53. The van der Waals surface area contributed by atoms with Gasteiger partial charge >= 0.3 is 6.18 Å². The van der Waals surface area contributed by atoms with Gasteiger partial charge in [0.15, 0.2) is 6.10 Å². The molecule has 176 valence electrons. The van der Waals surface area contributed by atoms with Crippen LogP contribution in [0.3, 0.4) is 0 Å². The van der Waals surface area contributed by atoms with Crippen molar-refractivity contribution in [3.05, 3.63) is 65.0 Å². The highest BCUT2D eigenvalue weighted by Gasteiger charge is 2.45. The molecule has 0 aromatic heterocycles. The molecule has 1 saturated carbocycles. The normalized spacial score (nSPS) is 25.2. The van der Waals surface area contributed by atoms with Crippen LogP contribution in [0.1, 0.15) is 32.6 Å². The molecule has 0 spiro atoms. The van der Waals surface area contributed by atoms with Crippen LogP contribution in [0.15, 0.2) is 65.0 Å². The van der Waals surface area contributed by atoms with Crippen molar-refractivity contribution in [2.75, 3.05) is 18.1 Å². The van der Waals surface area contributed by atoms with Gasteiger partial charge in [0.1, 0.15) is 0 Å². The minimum atomic E-state index is -4.74. The highest BCUT2D eigenvalue weighted by molar-refractivity contribution is 5.84. The van der Waals surface area contributed by atoms with E-state index in [-0.39, 0.29) is 24.3 Å². The number of halogens is 3. The number of carbonyl (C=O) groups is 1. The van der Waals surface area contributed by atoms with E-state index in [1.54, 1.807) is 0 Å². The summed E-state index contributed by atoms with van der Waals surface area (Å²) in [5.74, 6) is -0.516. The number of aliphatic hydroxyl groups excluding tert-OH is 1. The number of aliphatic hydroxyl groups is 1. The summed E-state index contributed by atoms with van der Waals surface area (Å²) in [5, 5.41) is 11.7. The zero-order valence-electron chi connectivity index (χ0n) is 18.5. The molecule has 8 heteroatoms. The first-order valence-corrected chi connectivity index (χ1v) is 11.5. The molecule has 3 atom stereocenters. The van der Waals surface area contributed by atoms with E-state index in [1.807, 2.05) is 41.5 Å². The number of rotatable bonds is 6. The van der Waals surface area contributed by atoms with Gasteiger partial charge in [0.25, 0.3) is 0 Å². The smallest absolute Gasteiger partial charge is 0.382 e. The van der Waals surface area contributed by atoms with Gasteiger partial charge in [-0.3, -0.25) is 9.80 Å². The quantitative estimate of drug-likeness (QED) is 0.666. The van der Waals surface area contributed by atoms with Crippen molar-refractivity contribution in [1.82, 2.24) is 10.3 Å². The highest BCUT2D eigenvalue weighted by Crippen LogP contribution is 2.48. The summed E-state index contributed by atoms with van der Waals surface area (Å²) in [4.78, 5) is 14.8. The van der Waals surface area contributed by atoms with Crippen molar-refractivity contribution in [3.8, 4) is 0 Å². The van der Waals surface area contributed by atoms with Gasteiger partial charge in [-0.1, -0.05) is 25.1 Å². The molecule has 1 aliphatic heterocycles. The van der Waals surface area contributed by atoms with E-state index in [1.165, 1.54) is 4.90 Å². The largest absolute Gasteiger partial charge is 0.416 e. The van der Waals surface area contributed by atoms with Gasteiger partial charge in [-0.05, 0) is 61.0 Å². The zero-order valence-corrected chi connectivity index (χ0v) is 18.5. The minimum absolute atomic E-state index is 0.0204. The van der Waals surface area contributed by atoms with E-state index in [9.17, 15) is 23.1 Å². The van der Waals surface area contributed by atoms with E-state index >= 15 is 0 Å². The second kappa shape index (κ2) is 8.24. The molecule has 5 rings (SSSR count). The van der Waals surface area contributed by atoms with Crippen LogP contribution in [0.5, 0.6) is 0 Å². The van der Waals surface area contributed by atoms with E-state index in [0.717, 1.165) is 40.9 Å². The molecule has 1 aromatic carbocycles. The molecule has 4 aliphatic rings. The monoisotopic (exact) mass is 459 g/mol. The summed E-state index contributed by atoms with van der Waals surface area (Å²) in [6.07, 6.45) is -0.0612.